The average Bonchev–Trinajstić information content (AvgIpc) is 2.60. The third kappa shape index (κ3) is 4.11. The molecule has 5 nitrogen and oxygen atoms in total. The van der Waals surface area contributed by atoms with E-state index in [9.17, 15) is 4.79 Å². The number of methoxy groups -OCH3 is 2. The molecule has 1 amide bonds. The van der Waals surface area contributed by atoms with Crippen molar-refractivity contribution in [1.29, 1.82) is 5.26 Å². The monoisotopic (exact) mass is 308 g/mol. The van der Waals surface area contributed by atoms with Gasteiger partial charge < -0.3 is 14.8 Å². The Morgan fingerprint density at radius 3 is 2.57 bits per heavy atom. The summed E-state index contributed by atoms with van der Waals surface area (Å²) in [5.41, 5.74) is 1.70. The average molecular weight is 308 g/mol. The van der Waals surface area contributed by atoms with E-state index in [4.69, 9.17) is 14.7 Å². The molecule has 2 aromatic carbocycles. The fourth-order valence-electron chi connectivity index (χ4n) is 1.99. The van der Waals surface area contributed by atoms with Gasteiger partial charge in [-0.15, -0.1) is 0 Å². The summed E-state index contributed by atoms with van der Waals surface area (Å²) < 4.78 is 10.4. The smallest absolute Gasteiger partial charge is 0.248 e. The highest BCUT2D eigenvalue weighted by Gasteiger charge is 2.05. The lowest BCUT2D eigenvalue weighted by atomic mass is 10.1. The van der Waals surface area contributed by atoms with E-state index in [0.717, 1.165) is 5.56 Å². The second-order valence-electron chi connectivity index (χ2n) is 4.59. The van der Waals surface area contributed by atoms with Crippen molar-refractivity contribution in [2.75, 3.05) is 19.5 Å². The minimum atomic E-state index is -0.317. The van der Waals surface area contributed by atoms with E-state index in [1.165, 1.54) is 6.08 Å². The van der Waals surface area contributed by atoms with Crippen molar-refractivity contribution in [3.05, 3.63) is 59.7 Å². The van der Waals surface area contributed by atoms with Gasteiger partial charge in [0.2, 0.25) is 5.91 Å². The Balaban J connectivity index is 2.11. The molecule has 1 N–H and O–H groups in total. The number of para-hydroxylation sites is 1. The molecule has 0 fully saturated rings. The Kier molecular flexibility index (Phi) is 5.37. The molecule has 2 rings (SSSR count). The summed E-state index contributed by atoms with van der Waals surface area (Å²) in [6.07, 6.45) is 3.06. The van der Waals surface area contributed by atoms with Crippen molar-refractivity contribution in [3.8, 4) is 17.6 Å². The first-order valence-corrected chi connectivity index (χ1v) is 6.88. The number of hydrogen-bond donors (Lipinski definition) is 1. The number of nitrogens with zero attached hydrogens (tertiary/aromatic N) is 1. The summed E-state index contributed by atoms with van der Waals surface area (Å²) in [6.45, 7) is 0. The zero-order chi connectivity index (χ0) is 16.7. The van der Waals surface area contributed by atoms with Crippen LogP contribution in [0.2, 0.25) is 0 Å². The molecule has 0 aliphatic rings. The van der Waals surface area contributed by atoms with Crippen LogP contribution in [-0.4, -0.2) is 20.1 Å². The van der Waals surface area contributed by atoms with Crippen molar-refractivity contribution in [3.63, 3.8) is 0 Å². The highest BCUT2D eigenvalue weighted by molar-refractivity contribution is 6.02. The molecule has 0 bridgehead atoms. The van der Waals surface area contributed by atoms with Crippen LogP contribution in [0.15, 0.2) is 48.5 Å². The molecule has 2 aromatic rings. The van der Waals surface area contributed by atoms with E-state index in [1.807, 2.05) is 12.1 Å². The molecule has 0 spiro atoms. The van der Waals surface area contributed by atoms with Crippen LogP contribution in [0, 0.1) is 11.3 Å². The van der Waals surface area contributed by atoms with Gasteiger partial charge in [-0.05, 0) is 35.9 Å². The second kappa shape index (κ2) is 7.66. The summed E-state index contributed by atoms with van der Waals surface area (Å²) in [5, 5.41) is 11.7. The van der Waals surface area contributed by atoms with Crippen LogP contribution in [0.3, 0.4) is 0 Å². The van der Waals surface area contributed by atoms with Crippen LogP contribution >= 0.6 is 0 Å². The maximum Gasteiger partial charge on any atom is 0.248 e. The Bertz CT molecular complexity index is 776. The molecule has 0 unspecified atom stereocenters. The third-order valence-electron chi connectivity index (χ3n) is 3.14. The van der Waals surface area contributed by atoms with Crippen LogP contribution in [0.5, 0.6) is 11.5 Å². The number of nitrogens with one attached hydrogen (secondary N) is 1. The molecule has 0 aliphatic heterocycles. The summed E-state index contributed by atoms with van der Waals surface area (Å²) in [5.74, 6) is 0.893. The largest absolute Gasteiger partial charge is 0.493 e. The quantitative estimate of drug-likeness (QED) is 0.861. The van der Waals surface area contributed by atoms with Gasteiger partial charge in [0.15, 0.2) is 11.5 Å². The van der Waals surface area contributed by atoms with Gasteiger partial charge in [-0.1, -0.05) is 18.2 Å². The second-order valence-corrected chi connectivity index (χ2v) is 4.59. The lowest BCUT2D eigenvalue weighted by molar-refractivity contribution is -0.111. The van der Waals surface area contributed by atoms with E-state index in [0.29, 0.717) is 22.7 Å². The van der Waals surface area contributed by atoms with Gasteiger partial charge in [-0.25, -0.2) is 0 Å². The molecule has 0 saturated carbocycles. The summed E-state index contributed by atoms with van der Waals surface area (Å²) in [6, 6.07) is 14.2. The number of carbonyl (C=O) groups excluding carboxylic acids is 1. The maximum absolute atomic E-state index is 12.0. The highest BCUT2D eigenvalue weighted by Crippen LogP contribution is 2.28. The van der Waals surface area contributed by atoms with Gasteiger partial charge in [-0.3, -0.25) is 4.79 Å². The van der Waals surface area contributed by atoms with Gasteiger partial charge in [0.25, 0.3) is 0 Å². The van der Waals surface area contributed by atoms with Crippen molar-refractivity contribution in [2.24, 2.45) is 0 Å². The zero-order valence-electron chi connectivity index (χ0n) is 12.9. The number of benzene rings is 2. The van der Waals surface area contributed by atoms with Gasteiger partial charge in [-0.2, -0.15) is 5.26 Å². The van der Waals surface area contributed by atoms with Gasteiger partial charge >= 0.3 is 0 Å². The number of amides is 1. The number of hydrogen-bond acceptors (Lipinski definition) is 4. The number of nitriles is 1. The standard InChI is InChI=1S/C18H16N2O3/c1-22-16-9-7-13(11-17(16)23-2)8-10-18(21)20-15-6-4-3-5-14(15)12-19/h3-11H,1-2H3,(H,20,21). The lowest BCUT2D eigenvalue weighted by Gasteiger charge is -2.07. The summed E-state index contributed by atoms with van der Waals surface area (Å²) >= 11 is 0. The normalized spacial score (nSPS) is 10.1. The van der Waals surface area contributed by atoms with E-state index < -0.39 is 0 Å². The molecule has 0 atom stereocenters. The number of carbonyl (C=O) groups is 1. The number of anilines is 1. The third-order valence-corrected chi connectivity index (χ3v) is 3.14. The Hall–Kier alpha value is -3.26. The number of rotatable bonds is 5. The van der Waals surface area contributed by atoms with Crippen molar-refractivity contribution in [2.45, 2.75) is 0 Å². The fraction of sp³-hybridized carbons (Fsp3) is 0.111. The number of ether oxygens (including phenoxy) is 2. The van der Waals surface area contributed by atoms with Crippen LogP contribution in [0.1, 0.15) is 11.1 Å². The molecule has 0 saturated heterocycles. The highest BCUT2D eigenvalue weighted by atomic mass is 16.5. The minimum Gasteiger partial charge on any atom is -0.493 e. The lowest BCUT2D eigenvalue weighted by Crippen LogP contribution is -2.08. The predicted octanol–water partition coefficient (Wildman–Crippen LogP) is 3.23. The fourth-order valence-corrected chi connectivity index (χ4v) is 1.99. The molecule has 0 aromatic heterocycles. The Morgan fingerprint density at radius 1 is 1.13 bits per heavy atom. The Labute approximate surface area is 134 Å². The van der Waals surface area contributed by atoms with Crippen LogP contribution < -0.4 is 14.8 Å². The van der Waals surface area contributed by atoms with Crippen LogP contribution in [0.4, 0.5) is 5.69 Å². The predicted molar refractivity (Wildman–Crippen MR) is 88.4 cm³/mol. The molecule has 0 radical (unpaired) electrons. The van der Waals surface area contributed by atoms with Crippen molar-refractivity contribution in [1.82, 2.24) is 0 Å². The van der Waals surface area contributed by atoms with Crippen LogP contribution in [-0.2, 0) is 4.79 Å². The molecule has 0 heterocycles. The van der Waals surface area contributed by atoms with Gasteiger partial charge in [0.1, 0.15) is 6.07 Å². The van der Waals surface area contributed by atoms with Crippen LogP contribution in [0.25, 0.3) is 6.08 Å². The van der Waals surface area contributed by atoms with E-state index >= 15 is 0 Å². The topological polar surface area (TPSA) is 71.3 Å². The van der Waals surface area contributed by atoms with Gasteiger partial charge in [0, 0.05) is 6.08 Å². The summed E-state index contributed by atoms with van der Waals surface area (Å²) in [4.78, 5) is 12.0. The molecular formula is C18H16N2O3. The molecule has 5 heteroatoms. The summed E-state index contributed by atoms with van der Waals surface area (Å²) in [7, 11) is 3.12. The first-order valence-electron chi connectivity index (χ1n) is 6.88. The SMILES string of the molecule is COc1ccc(C=CC(=O)Nc2ccccc2C#N)cc1OC. The first kappa shape index (κ1) is 16.1. The molecular weight excluding hydrogens is 292 g/mol. The van der Waals surface area contributed by atoms with E-state index in [-0.39, 0.29) is 5.91 Å². The first-order chi connectivity index (χ1) is 11.2. The minimum absolute atomic E-state index is 0.317. The van der Waals surface area contributed by atoms with Gasteiger partial charge in [0.05, 0.1) is 25.5 Å². The maximum atomic E-state index is 12.0. The molecule has 0 aliphatic carbocycles. The van der Waals surface area contributed by atoms with Crippen molar-refractivity contribution < 1.29 is 14.3 Å². The van der Waals surface area contributed by atoms with E-state index in [2.05, 4.69) is 5.32 Å². The molecule has 23 heavy (non-hydrogen) atoms. The van der Waals surface area contributed by atoms with E-state index in [1.54, 1.807) is 56.7 Å². The zero-order valence-corrected chi connectivity index (χ0v) is 12.9. The van der Waals surface area contributed by atoms with Crippen molar-refractivity contribution >= 4 is 17.7 Å². The Morgan fingerprint density at radius 2 is 1.87 bits per heavy atom. The molecule has 116 valence electrons.